The Hall–Kier alpha value is -1.73. The van der Waals surface area contributed by atoms with Crippen LogP contribution in [0.1, 0.15) is 31.7 Å². The van der Waals surface area contributed by atoms with Crippen molar-refractivity contribution in [3.63, 3.8) is 0 Å². The molecule has 2 aliphatic rings. The molecule has 1 saturated heterocycles. The maximum atomic E-state index is 12.5. The number of amides is 3. The van der Waals surface area contributed by atoms with Crippen LogP contribution in [0.4, 0.5) is 4.79 Å². The molecule has 8 heteroatoms. The van der Waals surface area contributed by atoms with Crippen LogP contribution < -0.4 is 5.32 Å². The molecule has 26 heavy (non-hydrogen) atoms. The molecule has 2 atom stereocenters. The van der Waals surface area contributed by atoms with E-state index in [-0.39, 0.29) is 5.91 Å². The lowest BCUT2D eigenvalue weighted by Crippen LogP contribution is -2.63. The van der Waals surface area contributed by atoms with Gasteiger partial charge in [-0.25, -0.2) is 9.79 Å². The van der Waals surface area contributed by atoms with Gasteiger partial charge in [-0.2, -0.15) is 0 Å². The Bertz CT molecular complexity index is 727. The summed E-state index contributed by atoms with van der Waals surface area (Å²) in [5.41, 5.74) is 0.934. The van der Waals surface area contributed by atoms with Gasteiger partial charge < -0.3 is 9.80 Å². The Balaban J connectivity index is 1.84. The summed E-state index contributed by atoms with van der Waals surface area (Å²) in [6, 6.07) is 6.66. The van der Waals surface area contributed by atoms with Gasteiger partial charge in [-0.15, -0.1) is 0 Å². The van der Waals surface area contributed by atoms with Crippen LogP contribution in [0.3, 0.4) is 0 Å². The number of fused-ring (bicyclic) bond motifs is 1. The van der Waals surface area contributed by atoms with E-state index in [4.69, 9.17) is 16.6 Å². The first-order chi connectivity index (χ1) is 12.5. The van der Waals surface area contributed by atoms with Crippen LogP contribution in [0, 0.1) is 0 Å². The molecule has 3 amide bonds. The van der Waals surface area contributed by atoms with Gasteiger partial charge in [0.25, 0.3) is 5.91 Å². The summed E-state index contributed by atoms with van der Waals surface area (Å²) in [6.45, 7) is 2.65. The first kappa shape index (κ1) is 19.0. The molecular formula is C18H23ClN4O2S. The molecule has 1 aromatic rings. The zero-order valence-corrected chi connectivity index (χ0v) is 16.5. The highest BCUT2D eigenvalue weighted by molar-refractivity contribution is 8.13. The summed E-state index contributed by atoms with van der Waals surface area (Å²) in [7, 11) is 1.67. The van der Waals surface area contributed by atoms with Crippen molar-refractivity contribution in [2.45, 2.75) is 44.9 Å². The minimum Gasteiger partial charge on any atom is -0.331 e. The van der Waals surface area contributed by atoms with Gasteiger partial charge in [0, 0.05) is 24.4 Å². The van der Waals surface area contributed by atoms with Gasteiger partial charge in [-0.05, 0) is 18.1 Å². The third-order valence-electron chi connectivity index (χ3n) is 4.60. The fraction of sp³-hybridized carbons (Fsp3) is 0.500. The monoisotopic (exact) mass is 394 g/mol. The molecule has 0 bridgehead atoms. The Labute approximate surface area is 163 Å². The standard InChI is InChI=1S/C18H23ClN4O2S/c1-3-4-7-10-26-18-20-15-14(16(24)21-17(25)22(15)2)23(18)11-12-8-5-6-9-13(12)19/h5-6,8-9,14-15H,3-4,7,10-11H2,1-2H3,(H,21,24,25). The Morgan fingerprint density at radius 1 is 1.27 bits per heavy atom. The topological polar surface area (TPSA) is 65.0 Å². The van der Waals surface area contributed by atoms with Crippen LogP contribution in [0.2, 0.25) is 5.02 Å². The average molecular weight is 395 g/mol. The van der Waals surface area contributed by atoms with Crippen molar-refractivity contribution in [3.05, 3.63) is 34.9 Å². The second kappa shape index (κ2) is 8.31. The largest absolute Gasteiger partial charge is 0.331 e. The van der Waals surface area contributed by atoms with Crippen LogP contribution in [-0.4, -0.2) is 51.9 Å². The van der Waals surface area contributed by atoms with Crippen molar-refractivity contribution in [1.82, 2.24) is 15.1 Å². The zero-order chi connectivity index (χ0) is 18.7. The van der Waals surface area contributed by atoms with E-state index in [0.29, 0.717) is 11.6 Å². The van der Waals surface area contributed by atoms with Crippen molar-refractivity contribution in [2.24, 2.45) is 4.99 Å². The Morgan fingerprint density at radius 3 is 2.77 bits per heavy atom. The molecule has 3 rings (SSSR count). The van der Waals surface area contributed by atoms with E-state index in [0.717, 1.165) is 35.7 Å². The van der Waals surface area contributed by atoms with Crippen molar-refractivity contribution < 1.29 is 9.59 Å². The third-order valence-corrected chi connectivity index (χ3v) is 6.06. The smallest absolute Gasteiger partial charge is 0.325 e. The number of nitrogens with one attached hydrogen (secondary N) is 1. The van der Waals surface area contributed by atoms with E-state index in [1.807, 2.05) is 29.2 Å². The molecular weight excluding hydrogens is 372 g/mol. The third kappa shape index (κ3) is 3.83. The summed E-state index contributed by atoms with van der Waals surface area (Å²) in [6.07, 6.45) is 2.92. The van der Waals surface area contributed by atoms with Crippen LogP contribution >= 0.6 is 23.4 Å². The van der Waals surface area contributed by atoms with Crippen molar-refractivity contribution in [1.29, 1.82) is 0 Å². The van der Waals surface area contributed by atoms with Crippen LogP contribution in [0.5, 0.6) is 0 Å². The zero-order valence-electron chi connectivity index (χ0n) is 14.9. The SMILES string of the molecule is CCCCCSC1=NC2C(C(=O)NC(=O)N2C)N1Cc1ccccc1Cl. The number of benzene rings is 1. The summed E-state index contributed by atoms with van der Waals surface area (Å²) in [4.78, 5) is 32.6. The van der Waals surface area contributed by atoms with Crippen LogP contribution in [0.25, 0.3) is 0 Å². The van der Waals surface area contributed by atoms with Gasteiger partial charge in [0.1, 0.15) is 0 Å². The minimum atomic E-state index is -0.525. The number of imide groups is 1. The second-order valence-corrected chi connectivity index (χ2v) is 7.92. The van der Waals surface area contributed by atoms with Gasteiger partial charge in [-0.1, -0.05) is 61.3 Å². The Kier molecular flexibility index (Phi) is 6.09. The summed E-state index contributed by atoms with van der Waals surface area (Å²) >= 11 is 7.96. The number of carbonyl (C=O) groups is 2. The molecule has 2 heterocycles. The van der Waals surface area contributed by atoms with E-state index in [1.165, 1.54) is 4.90 Å². The van der Waals surface area contributed by atoms with E-state index < -0.39 is 18.2 Å². The predicted molar refractivity (Wildman–Crippen MR) is 105 cm³/mol. The van der Waals surface area contributed by atoms with Crippen molar-refractivity contribution in [3.8, 4) is 0 Å². The maximum Gasteiger partial charge on any atom is 0.325 e. The fourth-order valence-corrected chi connectivity index (χ4v) is 4.37. The number of unbranched alkanes of at least 4 members (excludes halogenated alkanes) is 2. The van der Waals surface area contributed by atoms with Gasteiger partial charge in [-0.3, -0.25) is 10.1 Å². The second-order valence-electron chi connectivity index (χ2n) is 6.45. The summed E-state index contributed by atoms with van der Waals surface area (Å²) in [5.74, 6) is 0.628. The molecule has 1 aromatic carbocycles. The molecule has 0 saturated carbocycles. The summed E-state index contributed by atoms with van der Waals surface area (Å²) < 4.78 is 0. The number of urea groups is 1. The molecule has 1 N–H and O–H groups in total. The molecule has 0 radical (unpaired) electrons. The molecule has 0 spiro atoms. The highest BCUT2D eigenvalue weighted by Gasteiger charge is 2.48. The highest BCUT2D eigenvalue weighted by atomic mass is 35.5. The maximum absolute atomic E-state index is 12.5. The minimum absolute atomic E-state index is 0.307. The number of thioether (sulfide) groups is 1. The number of aliphatic imine (C=N–C) groups is 1. The van der Waals surface area contributed by atoms with Crippen LogP contribution in [0.15, 0.2) is 29.3 Å². The number of likely N-dealkylation sites (N-methyl/N-ethyl adjacent to an activating group) is 1. The number of hydrogen-bond acceptors (Lipinski definition) is 5. The molecule has 2 aliphatic heterocycles. The number of nitrogens with zero attached hydrogens (tertiary/aromatic N) is 3. The lowest BCUT2D eigenvalue weighted by molar-refractivity contribution is -0.127. The van der Waals surface area contributed by atoms with Gasteiger partial charge in [0.15, 0.2) is 17.4 Å². The number of hydrogen-bond donors (Lipinski definition) is 1. The van der Waals surface area contributed by atoms with Crippen molar-refractivity contribution >= 4 is 40.5 Å². The van der Waals surface area contributed by atoms with E-state index >= 15 is 0 Å². The quantitative estimate of drug-likeness (QED) is 0.752. The number of amidine groups is 1. The van der Waals surface area contributed by atoms with E-state index in [9.17, 15) is 9.59 Å². The van der Waals surface area contributed by atoms with E-state index in [1.54, 1.807) is 18.8 Å². The van der Waals surface area contributed by atoms with Crippen LogP contribution in [-0.2, 0) is 11.3 Å². The van der Waals surface area contributed by atoms with E-state index in [2.05, 4.69) is 12.2 Å². The number of carbonyl (C=O) groups excluding carboxylic acids is 2. The molecule has 140 valence electrons. The molecule has 0 aliphatic carbocycles. The first-order valence-corrected chi connectivity index (χ1v) is 10.2. The number of halogens is 1. The number of rotatable bonds is 6. The normalized spacial score (nSPS) is 22.3. The van der Waals surface area contributed by atoms with Gasteiger partial charge in [0.05, 0.1) is 0 Å². The van der Waals surface area contributed by atoms with Gasteiger partial charge in [0.2, 0.25) is 0 Å². The Morgan fingerprint density at radius 2 is 2.04 bits per heavy atom. The molecule has 2 unspecified atom stereocenters. The average Bonchev–Trinajstić information content (AvgIpc) is 2.98. The first-order valence-electron chi connectivity index (χ1n) is 8.81. The lowest BCUT2D eigenvalue weighted by atomic mass is 10.1. The predicted octanol–water partition coefficient (Wildman–Crippen LogP) is 3.31. The lowest BCUT2D eigenvalue weighted by Gasteiger charge is -2.36. The van der Waals surface area contributed by atoms with Crippen molar-refractivity contribution in [2.75, 3.05) is 12.8 Å². The van der Waals surface area contributed by atoms with Gasteiger partial charge >= 0.3 is 6.03 Å². The fourth-order valence-electron chi connectivity index (χ4n) is 3.11. The summed E-state index contributed by atoms with van der Waals surface area (Å²) in [5, 5.41) is 3.88. The molecule has 1 fully saturated rings. The highest BCUT2D eigenvalue weighted by Crippen LogP contribution is 2.31. The molecule has 0 aromatic heterocycles. The molecule has 6 nitrogen and oxygen atoms in total.